The topological polar surface area (TPSA) is 33.4 Å². The van der Waals surface area contributed by atoms with Crippen molar-refractivity contribution < 1.29 is 9.52 Å². The largest absolute Gasteiger partial charge is 0.466 e. The van der Waals surface area contributed by atoms with Crippen LogP contribution in [0.2, 0.25) is 0 Å². The number of hydrogen-bond acceptors (Lipinski definition) is 3. The summed E-state index contributed by atoms with van der Waals surface area (Å²) in [5.74, 6) is 1.61. The summed E-state index contributed by atoms with van der Waals surface area (Å²) in [6.07, 6.45) is -0.600. The quantitative estimate of drug-likeness (QED) is 0.911. The van der Waals surface area contributed by atoms with Crippen molar-refractivity contribution >= 4 is 27.3 Å². The number of aryl methyl sites for hydroxylation is 2. The van der Waals surface area contributed by atoms with Crippen LogP contribution in [0.5, 0.6) is 0 Å². The summed E-state index contributed by atoms with van der Waals surface area (Å²) in [5.41, 5.74) is 0.843. The van der Waals surface area contributed by atoms with E-state index in [-0.39, 0.29) is 0 Å². The second-order valence-corrected chi connectivity index (χ2v) is 5.21. The van der Waals surface area contributed by atoms with Crippen LogP contribution in [0.4, 0.5) is 0 Å². The van der Waals surface area contributed by atoms with E-state index in [9.17, 15) is 5.11 Å². The Morgan fingerprint density at radius 2 is 2.20 bits per heavy atom. The molecule has 0 bridgehead atoms. The monoisotopic (exact) mass is 286 g/mol. The average Bonchev–Trinajstić information content (AvgIpc) is 2.71. The predicted molar refractivity (Wildman–Crippen MR) is 64.3 cm³/mol. The van der Waals surface area contributed by atoms with Gasteiger partial charge in [0.25, 0.3) is 0 Å². The van der Waals surface area contributed by atoms with Crippen LogP contribution in [0.25, 0.3) is 0 Å². The van der Waals surface area contributed by atoms with E-state index in [0.717, 1.165) is 26.4 Å². The third-order valence-electron chi connectivity index (χ3n) is 2.27. The number of rotatable bonds is 2. The predicted octanol–water partition coefficient (Wildman–Crippen LogP) is 3.80. The van der Waals surface area contributed by atoms with E-state index in [1.165, 1.54) is 11.3 Å². The molecule has 4 heteroatoms. The summed E-state index contributed by atoms with van der Waals surface area (Å²) in [5, 5.41) is 12.1. The molecule has 0 aliphatic rings. The van der Waals surface area contributed by atoms with Crippen LogP contribution < -0.4 is 0 Å². The average molecular weight is 287 g/mol. The minimum atomic E-state index is -0.600. The molecule has 15 heavy (non-hydrogen) atoms. The highest BCUT2D eigenvalue weighted by Gasteiger charge is 2.19. The van der Waals surface area contributed by atoms with Crippen molar-refractivity contribution in [3.05, 3.63) is 43.9 Å². The fraction of sp³-hybridized carbons (Fsp3) is 0.273. The lowest BCUT2D eigenvalue weighted by atomic mass is 10.1. The Kier molecular flexibility index (Phi) is 3.00. The minimum Gasteiger partial charge on any atom is -0.466 e. The van der Waals surface area contributed by atoms with Crippen molar-refractivity contribution in [2.75, 3.05) is 0 Å². The summed E-state index contributed by atoms with van der Waals surface area (Å²) in [7, 11) is 0. The number of thiophene rings is 1. The van der Waals surface area contributed by atoms with Crippen molar-refractivity contribution in [2.45, 2.75) is 20.0 Å². The molecule has 0 spiro atoms. The van der Waals surface area contributed by atoms with Crippen LogP contribution in [-0.2, 0) is 0 Å². The van der Waals surface area contributed by atoms with Crippen LogP contribution in [0.3, 0.4) is 0 Å². The van der Waals surface area contributed by atoms with Crippen molar-refractivity contribution in [3.63, 3.8) is 0 Å². The first-order valence-corrected chi connectivity index (χ1v) is 6.24. The fourth-order valence-corrected chi connectivity index (χ4v) is 3.16. The highest BCUT2D eigenvalue weighted by molar-refractivity contribution is 9.10. The molecule has 2 heterocycles. The molecule has 2 nitrogen and oxygen atoms in total. The molecule has 80 valence electrons. The van der Waals surface area contributed by atoms with Gasteiger partial charge in [-0.15, -0.1) is 11.3 Å². The maximum absolute atomic E-state index is 10.2. The second kappa shape index (κ2) is 4.12. The Morgan fingerprint density at radius 3 is 2.67 bits per heavy atom. The number of halogens is 1. The molecule has 0 saturated heterocycles. The Hall–Kier alpha value is -0.580. The van der Waals surface area contributed by atoms with E-state index in [2.05, 4.69) is 15.9 Å². The van der Waals surface area contributed by atoms with Gasteiger partial charge in [0.15, 0.2) is 0 Å². The lowest BCUT2D eigenvalue weighted by Gasteiger charge is -2.07. The number of aliphatic hydroxyl groups is 1. The molecule has 0 fully saturated rings. The highest BCUT2D eigenvalue weighted by atomic mass is 79.9. The smallest absolute Gasteiger partial charge is 0.118 e. The molecule has 2 rings (SSSR count). The van der Waals surface area contributed by atoms with Crippen molar-refractivity contribution in [1.82, 2.24) is 0 Å². The maximum atomic E-state index is 10.2. The summed E-state index contributed by atoms with van der Waals surface area (Å²) in [6, 6.07) is 3.82. The standard InChI is InChI=1S/C11H11BrO2S/c1-6-5-8(7(2)14-6)10(13)11-9(12)3-4-15-11/h3-5,10,13H,1-2H3. The van der Waals surface area contributed by atoms with Crippen molar-refractivity contribution in [3.8, 4) is 0 Å². The zero-order valence-electron chi connectivity index (χ0n) is 8.45. The van der Waals surface area contributed by atoms with Crippen LogP contribution in [0.15, 0.2) is 26.4 Å². The summed E-state index contributed by atoms with van der Waals surface area (Å²) in [4.78, 5) is 0.916. The molecule has 0 aliphatic carbocycles. The van der Waals surface area contributed by atoms with Crippen molar-refractivity contribution in [2.24, 2.45) is 0 Å². The molecule has 1 N–H and O–H groups in total. The Bertz CT molecular complexity index is 473. The number of hydrogen-bond donors (Lipinski definition) is 1. The van der Waals surface area contributed by atoms with E-state index in [0.29, 0.717) is 0 Å². The molecule has 0 aliphatic heterocycles. The van der Waals surface area contributed by atoms with E-state index in [4.69, 9.17) is 4.42 Å². The van der Waals surface area contributed by atoms with E-state index in [1.54, 1.807) is 0 Å². The van der Waals surface area contributed by atoms with Gasteiger partial charge in [-0.2, -0.15) is 0 Å². The Labute approximate surface area is 101 Å². The zero-order valence-corrected chi connectivity index (χ0v) is 10.9. The van der Waals surface area contributed by atoms with Crippen LogP contribution in [-0.4, -0.2) is 5.11 Å². The van der Waals surface area contributed by atoms with Crippen molar-refractivity contribution in [1.29, 1.82) is 0 Å². The highest BCUT2D eigenvalue weighted by Crippen LogP contribution is 2.35. The van der Waals surface area contributed by atoms with Gasteiger partial charge in [-0.1, -0.05) is 0 Å². The molecular formula is C11H11BrO2S. The molecule has 0 radical (unpaired) electrons. The molecule has 0 saturated carbocycles. The van der Waals surface area contributed by atoms with Gasteiger partial charge in [0.05, 0.1) is 4.88 Å². The third kappa shape index (κ3) is 2.02. The van der Waals surface area contributed by atoms with Gasteiger partial charge >= 0.3 is 0 Å². The number of furan rings is 1. The molecule has 2 aromatic heterocycles. The third-order valence-corrected chi connectivity index (χ3v) is 4.19. The van der Waals surface area contributed by atoms with Gasteiger partial charge in [-0.3, -0.25) is 0 Å². The summed E-state index contributed by atoms with van der Waals surface area (Å²) < 4.78 is 6.35. The first kappa shape index (κ1) is 10.9. The first-order chi connectivity index (χ1) is 7.09. The van der Waals surface area contributed by atoms with Gasteiger partial charge in [-0.05, 0) is 47.3 Å². The second-order valence-electron chi connectivity index (χ2n) is 3.40. The summed E-state index contributed by atoms with van der Waals surface area (Å²) >= 11 is 4.95. The van der Waals surface area contributed by atoms with E-state index >= 15 is 0 Å². The lowest BCUT2D eigenvalue weighted by Crippen LogP contribution is -1.97. The molecule has 2 aromatic rings. The lowest BCUT2D eigenvalue weighted by molar-refractivity contribution is 0.221. The fourth-order valence-electron chi connectivity index (χ4n) is 1.56. The minimum absolute atomic E-state index is 0.600. The molecule has 0 aromatic carbocycles. The summed E-state index contributed by atoms with van der Waals surface area (Å²) in [6.45, 7) is 3.75. The molecular weight excluding hydrogens is 276 g/mol. The van der Waals surface area contributed by atoms with Gasteiger partial charge in [-0.25, -0.2) is 0 Å². The molecule has 1 atom stereocenters. The Morgan fingerprint density at radius 1 is 1.47 bits per heavy atom. The van der Waals surface area contributed by atoms with Crippen LogP contribution in [0, 0.1) is 13.8 Å². The van der Waals surface area contributed by atoms with E-state index in [1.807, 2.05) is 31.4 Å². The Balaban J connectivity index is 2.40. The van der Waals surface area contributed by atoms with E-state index < -0.39 is 6.10 Å². The zero-order chi connectivity index (χ0) is 11.0. The van der Waals surface area contributed by atoms with Gasteiger partial charge in [0.2, 0.25) is 0 Å². The molecule has 0 amide bonds. The van der Waals surface area contributed by atoms with Gasteiger partial charge < -0.3 is 9.52 Å². The number of aliphatic hydroxyl groups excluding tert-OH is 1. The van der Waals surface area contributed by atoms with Gasteiger partial charge in [0.1, 0.15) is 17.6 Å². The molecule has 1 unspecified atom stereocenters. The van der Waals surface area contributed by atoms with Crippen LogP contribution >= 0.6 is 27.3 Å². The first-order valence-electron chi connectivity index (χ1n) is 4.57. The normalized spacial score (nSPS) is 13.1. The SMILES string of the molecule is Cc1cc(C(O)c2sccc2Br)c(C)o1. The van der Waals surface area contributed by atoms with Gasteiger partial charge in [0, 0.05) is 10.0 Å². The van der Waals surface area contributed by atoms with Crippen LogP contribution in [0.1, 0.15) is 28.1 Å². The maximum Gasteiger partial charge on any atom is 0.118 e.